The van der Waals surface area contributed by atoms with Gasteiger partial charge in [-0.2, -0.15) is 5.26 Å². The molecule has 0 heterocycles. The third-order valence-corrected chi connectivity index (χ3v) is 2.92. The molecule has 0 amide bonds. The smallest absolute Gasteiger partial charge is 0.0991 e. The number of nitrogens with one attached hydrogen (secondary N) is 1. The van der Waals surface area contributed by atoms with Crippen LogP contribution < -0.4 is 5.32 Å². The van der Waals surface area contributed by atoms with Gasteiger partial charge in [-0.25, -0.2) is 0 Å². The monoisotopic (exact) mass is 186 g/mol. The Morgan fingerprint density at radius 3 is 2.36 bits per heavy atom. The summed E-state index contributed by atoms with van der Waals surface area (Å²) in [6, 6.07) is 9.77. The van der Waals surface area contributed by atoms with Crippen molar-refractivity contribution in [1.82, 2.24) is 0 Å². The molecule has 0 atom stereocenters. The zero-order chi connectivity index (χ0) is 10.0. The van der Waals surface area contributed by atoms with E-state index >= 15 is 0 Å². The van der Waals surface area contributed by atoms with E-state index < -0.39 is 0 Å². The molecule has 2 heteroatoms. The summed E-state index contributed by atoms with van der Waals surface area (Å²) in [7, 11) is 0. The van der Waals surface area contributed by atoms with Gasteiger partial charge < -0.3 is 5.32 Å². The number of anilines is 1. The molecule has 0 radical (unpaired) electrons. The number of hydrogen-bond donors (Lipinski definition) is 1. The highest BCUT2D eigenvalue weighted by molar-refractivity contribution is 5.49. The molecular weight excluding hydrogens is 172 g/mol. The molecule has 2 nitrogen and oxygen atoms in total. The van der Waals surface area contributed by atoms with Gasteiger partial charge in [0.2, 0.25) is 0 Å². The maximum Gasteiger partial charge on any atom is 0.0991 e. The van der Waals surface area contributed by atoms with E-state index in [0.29, 0.717) is 5.56 Å². The van der Waals surface area contributed by atoms with Crippen molar-refractivity contribution in [3.63, 3.8) is 0 Å². The molecule has 1 saturated carbocycles. The molecule has 14 heavy (non-hydrogen) atoms. The maximum absolute atomic E-state index is 8.65. The predicted octanol–water partition coefficient (Wildman–Crippen LogP) is 2.91. The lowest BCUT2D eigenvalue weighted by molar-refractivity contribution is 0.306. The minimum absolute atomic E-state index is 0.286. The summed E-state index contributed by atoms with van der Waals surface area (Å²) < 4.78 is 0. The van der Waals surface area contributed by atoms with Crippen molar-refractivity contribution in [1.29, 1.82) is 5.26 Å². The molecule has 0 bridgehead atoms. The van der Waals surface area contributed by atoms with Crippen LogP contribution in [-0.4, -0.2) is 5.54 Å². The zero-order valence-corrected chi connectivity index (χ0v) is 8.38. The van der Waals surface area contributed by atoms with E-state index in [-0.39, 0.29) is 5.54 Å². The Labute approximate surface area is 84.6 Å². The van der Waals surface area contributed by atoms with Gasteiger partial charge in [0.1, 0.15) is 0 Å². The first kappa shape index (κ1) is 9.08. The van der Waals surface area contributed by atoms with Crippen LogP contribution >= 0.6 is 0 Å². The summed E-state index contributed by atoms with van der Waals surface area (Å²) in [5.41, 5.74) is 2.12. The first-order valence-corrected chi connectivity index (χ1v) is 5.00. The van der Waals surface area contributed by atoms with Crippen LogP contribution in [0.1, 0.15) is 31.7 Å². The first-order valence-electron chi connectivity index (χ1n) is 5.00. The van der Waals surface area contributed by atoms with E-state index in [1.807, 2.05) is 24.3 Å². The fourth-order valence-electron chi connectivity index (χ4n) is 1.81. The van der Waals surface area contributed by atoms with Crippen LogP contribution in [0.25, 0.3) is 0 Å². The van der Waals surface area contributed by atoms with Gasteiger partial charge in [0, 0.05) is 11.2 Å². The molecule has 0 saturated heterocycles. The summed E-state index contributed by atoms with van der Waals surface area (Å²) >= 11 is 0. The molecule has 72 valence electrons. The van der Waals surface area contributed by atoms with Crippen molar-refractivity contribution < 1.29 is 0 Å². The fraction of sp³-hybridized carbons (Fsp3) is 0.417. The van der Waals surface area contributed by atoms with Crippen molar-refractivity contribution in [2.45, 2.75) is 31.7 Å². The normalized spacial score (nSPS) is 18.0. The number of benzene rings is 1. The molecule has 0 unspecified atom stereocenters. The SMILES string of the molecule is CC1(Nc2ccc(C#N)cc2)CCC1. The number of nitrogens with zero attached hydrogens (tertiary/aromatic N) is 1. The van der Waals surface area contributed by atoms with Gasteiger partial charge in [-0.1, -0.05) is 0 Å². The third-order valence-electron chi connectivity index (χ3n) is 2.92. The molecule has 1 aromatic carbocycles. The summed E-state index contributed by atoms with van der Waals surface area (Å²) in [5, 5.41) is 12.1. The standard InChI is InChI=1S/C12H14N2/c1-12(7-2-8-12)14-11-5-3-10(9-13)4-6-11/h3-6,14H,2,7-8H2,1H3. The summed E-state index contributed by atoms with van der Waals surface area (Å²) in [5.74, 6) is 0. The van der Waals surface area contributed by atoms with Crippen LogP contribution in [0.4, 0.5) is 5.69 Å². The quantitative estimate of drug-likeness (QED) is 0.770. The summed E-state index contributed by atoms with van der Waals surface area (Å²) in [6.07, 6.45) is 3.81. The van der Waals surface area contributed by atoms with Gasteiger partial charge in [0.15, 0.2) is 0 Å². The second kappa shape index (κ2) is 3.34. The topological polar surface area (TPSA) is 35.8 Å². The molecule has 0 aliphatic heterocycles. The van der Waals surface area contributed by atoms with Crippen molar-refractivity contribution in [3.8, 4) is 6.07 Å². The van der Waals surface area contributed by atoms with Gasteiger partial charge in [-0.3, -0.25) is 0 Å². The second-order valence-electron chi connectivity index (χ2n) is 4.23. The van der Waals surface area contributed by atoms with E-state index in [9.17, 15) is 0 Å². The first-order chi connectivity index (χ1) is 6.72. The van der Waals surface area contributed by atoms with Gasteiger partial charge in [-0.05, 0) is 50.5 Å². The van der Waals surface area contributed by atoms with E-state index in [0.717, 1.165) is 5.69 Å². The highest BCUT2D eigenvalue weighted by Gasteiger charge is 2.31. The molecule has 0 aromatic heterocycles. The van der Waals surface area contributed by atoms with E-state index in [1.165, 1.54) is 19.3 Å². The van der Waals surface area contributed by atoms with Gasteiger partial charge in [-0.15, -0.1) is 0 Å². The molecule has 0 spiro atoms. The van der Waals surface area contributed by atoms with E-state index in [4.69, 9.17) is 5.26 Å². The van der Waals surface area contributed by atoms with Crippen LogP contribution in [0.15, 0.2) is 24.3 Å². The molecule has 1 aliphatic carbocycles. The Kier molecular flexibility index (Phi) is 2.17. The van der Waals surface area contributed by atoms with Crippen LogP contribution in [0, 0.1) is 11.3 Å². The predicted molar refractivity (Wildman–Crippen MR) is 57.0 cm³/mol. The molecule has 2 rings (SSSR count). The summed E-state index contributed by atoms with van der Waals surface area (Å²) in [4.78, 5) is 0. The Morgan fingerprint density at radius 2 is 1.93 bits per heavy atom. The lowest BCUT2D eigenvalue weighted by Gasteiger charge is -2.40. The second-order valence-corrected chi connectivity index (χ2v) is 4.23. The molecule has 1 N–H and O–H groups in total. The Morgan fingerprint density at radius 1 is 1.29 bits per heavy atom. The highest BCUT2D eigenvalue weighted by Crippen LogP contribution is 2.34. The average molecular weight is 186 g/mol. The van der Waals surface area contributed by atoms with Crippen LogP contribution in [0.2, 0.25) is 0 Å². The minimum Gasteiger partial charge on any atom is -0.380 e. The Bertz CT molecular complexity index is 355. The van der Waals surface area contributed by atoms with Crippen molar-refractivity contribution >= 4 is 5.69 Å². The number of rotatable bonds is 2. The third kappa shape index (κ3) is 1.72. The van der Waals surface area contributed by atoms with Crippen molar-refractivity contribution in [2.24, 2.45) is 0 Å². The largest absolute Gasteiger partial charge is 0.380 e. The molecule has 1 aromatic rings. The Hall–Kier alpha value is -1.49. The van der Waals surface area contributed by atoms with Crippen LogP contribution in [-0.2, 0) is 0 Å². The average Bonchev–Trinajstić information content (AvgIpc) is 2.17. The van der Waals surface area contributed by atoms with Crippen molar-refractivity contribution in [2.75, 3.05) is 5.32 Å². The Balaban J connectivity index is 2.07. The van der Waals surface area contributed by atoms with Gasteiger partial charge in [0.25, 0.3) is 0 Å². The molecular formula is C12H14N2. The number of nitriles is 1. The van der Waals surface area contributed by atoms with Crippen LogP contribution in [0.3, 0.4) is 0 Å². The lowest BCUT2D eigenvalue weighted by atomic mass is 9.78. The highest BCUT2D eigenvalue weighted by atomic mass is 15.0. The molecule has 1 fully saturated rings. The van der Waals surface area contributed by atoms with E-state index in [2.05, 4.69) is 18.3 Å². The summed E-state index contributed by atoms with van der Waals surface area (Å²) in [6.45, 7) is 2.24. The molecule has 1 aliphatic rings. The van der Waals surface area contributed by atoms with Crippen LogP contribution in [0.5, 0.6) is 0 Å². The maximum atomic E-state index is 8.65. The minimum atomic E-state index is 0.286. The number of hydrogen-bond acceptors (Lipinski definition) is 2. The lowest BCUT2D eigenvalue weighted by Crippen LogP contribution is -2.41. The zero-order valence-electron chi connectivity index (χ0n) is 8.38. The van der Waals surface area contributed by atoms with Gasteiger partial charge >= 0.3 is 0 Å². The van der Waals surface area contributed by atoms with E-state index in [1.54, 1.807) is 0 Å². The fourth-order valence-corrected chi connectivity index (χ4v) is 1.81. The van der Waals surface area contributed by atoms with Gasteiger partial charge in [0.05, 0.1) is 11.6 Å². The van der Waals surface area contributed by atoms with Crippen molar-refractivity contribution in [3.05, 3.63) is 29.8 Å².